The molecule has 1 aromatic rings. The number of carbonyl (C=O) groups excluding carboxylic acids is 1. The highest BCUT2D eigenvalue weighted by Gasteiger charge is 2.28. The van der Waals surface area contributed by atoms with E-state index in [1.807, 2.05) is 5.51 Å². The zero-order valence-electron chi connectivity index (χ0n) is 11.3. The molecule has 1 heterocycles. The first-order valence-corrected chi connectivity index (χ1v) is 7.84. The van der Waals surface area contributed by atoms with E-state index in [4.69, 9.17) is 0 Å². The summed E-state index contributed by atoms with van der Waals surface area (Å²) in [5.41, 5.74) is 3.13. The topological polar surface area (TPSA) is 33.2 Å². The average molecular weight is 266 g/mol. The number of aryl methyl sites for hydroxylation is 1. The van der Waals surface area contributed by atoms with E-state index < -0.39 is 0 Å². The number of carbonyl (C=O) groups is 1. The molecule has 0 spiro atoms. The van der Waals surface area contributed by atoms with Gasteiger partial charge < -0.3 is 4.90 Å². The molecule has 0 aliphatic heterocycles. The van der Waals surface area contributed by atoms with Gasteiger partial charge in [0.15, 0.2) is 0 Å². The Bertz CT molecular complexity index is 396. The molecule has 1 aliphatic carbocycles. The molecule has 0 saturated carbocycles. The molecule has 4 heteroatoms. The summed E-state index contributed by atoms with van der Waals surface area (Å²) in [5.74, 6) is 0.550. The van der Waals surface area contributed by atoms with Gasteiger partial charge in [-0.2, -0.15) is 0 Å². The highest BCUT2D eigenvalue weighted by molar-refractivity contribution is 7.09. The number of rotatable bonds is 5. The Morgan fingerprint density at radius 2 is 2.17 bits per heavy atom. The molecule has 0 aromatic carbocycles. The van der Waals surface area contributed by atoms with Crippen LogP contribution >= 0.6 is 11.3 Å². The fraction of sp³-hybridized carbons (Fsp3) is 0.714. The fourth-order valence-electron chi connectivity index (χ4n) is 2.64. The zero-order chi connectivity index (χ0) is 13.0. The third kappa shape index (κ3) is 2.91. The van der Waals surface area contributed by atoms with Gasteiger partial charge in [0.05, 0.1) is 11.2 Å². The van der Waals surface area contributed by atoms with Gasteiger partial charge in [0.2, 0.25) is 5.91 Å². The van der Waals surface area contributed by atoms with Gasteiger partial charge in [0.1, 0.15) is 0 Å². The van der Waals surface area contributed by atoms with Crippen LogP contribution in [0.25, 0.3) is 0 Å². The van der Waals surface area contributed by atoms with Crippen LogP contribution in [0.1, 0.15) is 43.7 Å². The maximum Gasteiger partial charge on any atom is 0.226 e. The lowest BCUT2D eigenvalue weighted by atomic mass is 9.90. The van der Waals surface area contributed by atoms with Crippen molar-refractivity contribution >= 4 is 17.2 Å². The van der Waals surface area contributed by atoms with Crippen molar-refractivity contribution in [2.24, 2.45) is 5.92 Å². The standard InChI is InChI=1S/C14H22N2OS/c1-3-7-16(8-4-2)14(17)11-5-6-12-13(9-11)18-10-15-12/h10-11H,3-9H2,1-2H3. The predicted octanol–water partition coefficient (Wildman–Crippen LogP) is 2.90. The van der Waals surface area contributed by atoms with Gasteiger partial charge >= 0.3 is 0 Å². The Morgan fingerprint density at radius 1 is 1.44 bits per heavy atom. The van der Waals surface area contributed by atoms with Crippen LogP contribution < -0.4 is 0 Å². The number of fused-ring (bicyclic) bond motifs is 1. The summed E-state index contributed by atoms with van der Waals surface area (Å²) in [7, 11) is 0. The normalized spacial score (nSPS) is 18.4. The van der Waals surface area contributed by atoms with E-state index in [2.05, 4.69) is 23.7 Å². The van der Waals surface area contributed by atoms with Crippen molar-refractivity contribution in [2.45, 2.75) is 46.0 Å². The van der Waals surface area contributed by atoms with Gasteiger partial charge in [0, 0.05) is 23.9 Å². The van der Waals surface area contributed by atoms with E-state index in [1.165, 1.54) is 10.6 Å². The second-order valence-corrected chi connectivity index (χ2v) is 5.93. The monoisotopic (exact) mass is 266 g/mol. The Labute approximate surface area is 113 Å². The molecule has 0 N–H and O–H groups in total. The number of amides is 1. The molecule has 0 radical (unpaired) electrons. The second kappa shape index (κ2) is 6.32. The molecule has 3 nitrogen and oxygen atoms in total. The second-order valence-electron chi connectivity index (χ2n) is 4.99. The van der Waals surface area contributed by atoms with Crippen molar-refractivity contribution in [3.05, 3.63) is 16.1 Å². The largest absolute Gasteiger partial charge is 0.342 e. The summed E-state index contributed by atoms with van der Waals surface area (Å²) < 4.78 is 0. The van der Waals surface area contributed by atoms with Crippen LogP contribution in [-0.4, -0.2) is 28.9 Å². The third-order valence-electron chi connectivity index (χ3n) is 3.53. The van der Waals surface area contributed by atoms with Crippen LogP contribution in [0.15, 0.2) is 5.51 Å². The van der Waals surface area contributed by atoms with Crippen molar-refractivity contribution in [3.8, 4) is 0 Å². The van der Waals surface area contributed by atoms with Crippen LogP contribution in [-0.2, 0) is 17.6 Å². The minimum atomic E-state index is 0.191. The highest BCUT2D eigenvalue weighted by atomic mass is 32.1. The Balaban J connectivity index is 2.01. The number of aromatic nitrogens is 1. The van der Waals surface area contributed by atoms with Crippen LogP contribution in [0, 0.1) is 5.92 Å². The van der Waals surface area contributed by atoms with E-state index in [9.17, 15) is 4.79 Å². The Hall–Kier alpha value is -0.900. The molecule has 0 saturated heterocycles. The average Bonchev–Trinajstić information content (AvgIpc) is 2.84. The number of hydrogen-bond donors (Lipinski definition) is 0. The predicted molar refractivity (Wildman–Crippen MR) is 74.8 cm³/mol. The summed E-state index contributed by atoms with van der Waals surface area (Å²) in [5, 5.41) is 0. The molecule has 0 fully saturated rings. The first kappa shape index (κ1) is 13.5. The van der Waals surface area contributed by atoms with Crippen LogP contribution in [0.2, 0.25) is 0 Å². The molecule has 1 atom stereocenters. The van der Waals surface area contributed by atoms with Crippen molar-refractivity contribution in [2.75, 3.05) is 13.1 Å². The van der Waals surface area contributed by atoms with E-state index in [-0.39, 0.29) is 5.92 Å². The van der Waals surface area contributed by atoms with E-state index in [0.29, 0.717) is 5.91 Å². The summed E-state index contributed by atoms with van der Waals surface area (Å²) in [4.78, 5) is 20.3. The first-order chi connectivity index (χ1) is 8.76. The van der Waals surface area contributed by atoms with E-state index in [0.717, 1.165) is 45.2 Å². The SMILES string of the molecule is CCCN(CCC)C(=O)C1CCc2ncsc2C1. The number of thiazole rings is 1. The smallest absolute Gasteiger partial charge is 0.226 e. The van der Waals surface area contributed by atoms with Crippen LogP contribution in [0.5, 0.6) is 0 Å². The maximum atomic E-state index is 12.5. The lowest BCUT2D eigenvalue weighted by Crippen LogP contribution is -2.39. The molecule has 0 bridgehead atoms. The number of nitrogens with zero attached hydrogens (tertiary/aromatic N) is 2. The molecule has 2 rings (SSSR count). The molecule has 1 amide bonds. The maximum absolute atomic E-state index is 12.5. The quantitative estimate of drug-likeness (QED) is 0.821. The van der Waals surface area contributed by atoms with Gasteiger partial charge in [-0.25, -0.2) is 4.98 Å². The molecule has 1 aromatic heterocycles. The van der Waals surface area contributed by atoms with Crippen molar-refractivity contribution in [1.29, 1.82) is 0 Å². The zero-order valence-corrected chi connectivity index (χ0v) is 12.1. The van der Waals surface area contributed by atoms with Crippen molar-refractivity contribution in [1.82, 2.24) is 9.88 Å². The van der Waals surface area contributed by atoms with E-state index in [1.54, 1.807) is 11.3 Å². The molecular weight excluding hydrogens is 244 g/mol. The van der Waals surface area contributed by atoms with Crippen molar-refractivity contribution < 1.29 is 4.79 Å². The fourth-order valence-corrected chi connectivity index (χ4v) is 3.54. The first-order valence-electron chi connectivity index (χ1n) is 6.96. The highest BCUT2D eigenvalue weighted by Crippen LogP contribution is 2.28. The van der Waals surface area contributed by atoms with Gasteiger partial charge in [-0.3, -0.25) is 4.79 Å². The summed E-state index contributed by atoms with van der Waals surface area (Å²) >= 11 is 1.70. The van der Waals surface area contributed by atoms with Gasteiger partial charge in [-0.1, -0.05) is 13.8 Å². The minimum Gasteiger partial charge on any atom is -0.342 e. The number of hydrogen-bond acceptors (Lipinski definition) is 3. The van der Waals surface area contributed by atoms with Crippen LogP contribution in [0.4, 0.5) is 0 Å². The Kier molecular flexibility index (Phi) is 4.75. The van der Waals surface area contributed by atoms with Crippen LogP contribution in [0.3, 0.4) is 0 Å². The summed E-state index contributed by atoms with van der Waals surface area (Å²) in [6, 6.07) is 0. The summed E-state index contributed by atoms with van der Waals surface area (Å²) in [6.45, 7) is 6.08. The molecule has 1 aliphatic rings. The summed E-state index contributed by atoms with van der Waals surface area (Å²) in [6.07, 6.45) is 4.94. The molecular formula is C14H22N2OS. The van der Waals surface area contributed by atoms with Gasteiger partial charge in [-0.15, -0.1) is 11.3 Å². The Morgan fingerprint density at radius 3 is 2.83 bits per heavy atom. The molecule has 1 unspecified atom stereocenters. The molecule has 100 valence electrons. The molecule has 18 heavy (non-hydrogen) atoms. The van der Waals surface area contributed by atoms with Crippen molar-refractivity contribution in [3.63, 3.8) is 0 Å². The van der Waals surface area contributed by atoms with Gasteiger partial charge in [0.25, 0.3) is 0 Å². The van der Waals surface area contributed by atoms with Gasteiger partial charge in [-0.05, 0) is 32.1 Å². The third-order valence-corrected chi connectivity index (χ3v) is 4.43. The minimum absolute atomic E-state index is 0.191. The lowest BCUT2D eigenvalue weighted by molar-refractivity contribution is -0.136. The van der Waals surface area contributed by atoms with E-state index >= 15 is 0 Å². The lowest BCUT2D eigenvalue weighted by Gasteiger charge is -2.28.